The number of benzene rings is 1. The number of nitrogens with zero attached hydrogens (tertiary/aromatic N) is 1. The molecule has 15 heavy (non-hydrogen) atoms. The van der Waals surface area contributed by atoms with Crippen molar-refractivity contribution in [3.8, 4) is 0 Å². The van der Waals surface area contributed by atoms with Crippen molar-refractivity contribution >= 4 is 32.7 Å². The second-order valence-electron chi connectivity index (χ2n) is 4.96. The highest BCUT2D eigenvalue weighted by molar-refractivity contribution is 6.37. The summed E-state index contributed by atoms with van der Waals surface area (Å²) in [4.78, 5) is 2.06. The largest absolute Gasteiger partial charge is 0.376 e. The van der Waals surface area contributed by atoms with Gasteiger partial charge in [0.05, 0.1) is 21.0 Å². The third-order valence-electron chi connectivity index (χ3n) is 2.33. The molecule has 0 unspecified atom stereocenters. The van der Waals surface area contributed by atoms with Gasteiger partial charge in [0.1, 0.15) is 0 Å². The molecular formula is C12H17ClNSi. The minimum absolute atomic E-state index is 0.0710. The Balaban J connectivity index is 3.53. The van der Waals surface area contributed by atoms with Crippen LogP contribution in [-0.4, -0.2) is 24.3 Å². The fourth-order valence-corrected chi connectivity index (χ4v) is 2.67. The molecule has 3 radical (unpaired) electrons. The summed E-state index contributed by atoms with van der Waals surface area (Å²) < 4.78 is 0. The molecule has 1 aromatic rings. The SMILES string of the molecule is CN(C)c1c(Cl)ccc([Si])c1C(C)(C)C. The van der Waals surface area contributed by atoms with E-state index in [1.54, 1.807) is 0 Å². The van der Waals surface area contributed by atoms with Crippen molar-refractivity contribution in [3.05, 3.63) is 22.7 Å². The van der Waals surface area contributed by atoms with Crippen LogP contribution in [0.5, 0.6) is 0 Å². The summed E-state index contributed by atoms with van der Waals surface area (Å²) in [6.45, 7) is 6.57. The molecule has 1 rings (SSSR count). The first-order chi connectivity index (χ1) is 6.75. The maximum absolute atomic E-state index is 6.24. The summed E-state index contributed by atoms with van der Waals surface area (Å²) in [6.07, 6.45) is 0. The molecule has 0 amide bonds. The van der Waals surface area contributed by atoms with E-state index in [-0.39, 0.29) is 5.41 Å². The lowest BCUT2D eigenvalue weighted by atomic mass is 9.85. The van der Waals surface area contributed by atoms with Crippen LogP contribution in [0.2, 0.25) is 5.02 Å². The molecule has 0 aromatic heterocycles. The van der Waals surface area contributed by atoms with Gasteiger partial charge >= 0.3 is 0 Å². The molecule has 0 spiro atoms. The van der Waals surface area contributed by atoms with Gasteiger partial charge in [-0.05, 0) is 17.0 Å². The van der Waals surface area contributed by atoms with Gasteiger partial charge in [-0.1, -0.05) is 43.6 Å². The fourth-order valence-electron chi connectivity index (χ4n) is 1.76. The van der Waals surface area contributed by atoms with Gasteiger partial charge in [-0.25, -0.2) is 0 Å². The molecule has 0 aliphatic rings. The van der Waals surface area contributed by atoms with Crippen LogP contribution in [0.1, 0.15) is 26.3 Å². The van der Waals surface area contributed by atoms with Crippen molar-refractivity contribution in [2.75, 3.05) is 19.0 Å². The number of rotatable bonds is 1. The molecule has 81 valence electrons. The lowest BCUT2D eigenvalue weighted by Crippen LogP contribution is -2.28. The van der Waals surface area contributed by atoms with Gasteiger partial charge in [0.2, 0.25) is 0 Å². The highest BCUT2D eigenvalue weighted by Crippen LogP contribution is 2.34. The molecule has 0 aliphatic carbocycles. The molecule has 0 heterocycles. The lowest BCUT2D eigenvalue weighted by molar-refractivity contribution is 0.594. The van der Waals surface area contributed by atoms with Crippen LogP contribution in [0.4, 0.5) is 5.69 Å². The summed E-state index contributed by atoms with van der Waals surface area (Å²) in [5.74, 6) is 0. The van der Waals surface area contributed by atoms with Crippen LogP contribution < -0.4 is 10.1 Å². The summed E-state index contributed by atoms with van der Waals surface area (Å²) in [6, 6.07) is 3.93. The average molecular weight is 239 g/mol. The normalized spacial score (nSPS) is 11.7. The molecule has 0 atom stereocenters. The first-order valence-corrected chi connectivity index (χ1v) is 5.85. The summed E-state index contributed by atoms with van der Waals surface area (Å²) >= 11 is 6.24. The molecule has 3 heteroatoms. The molecule has 0 saturated carbocycles. The van der Waals surface area contributed by atoms with Gasteiger partial charge in [-0.2, -0.15) is 0 Å². The van der Waals surface area contributed by atoms with E-state index in [4.69, 9.17) is 11.6 Å². The minimum Gasteiger partial charge on any atom is -0.376 e. The Hall–Kier alpha value is -0.473. The first kappa shape index (κ1) is 12.6. The van der Waals surface area contributed by atoms with Gasteiger partial charge in [-0.15, -0.1) is 0 Å². The molecule has 0 bridgehead atoms. The highest BCUT2D eigenvalue weighted by Gasteiger charge is 2.23. The predicted octanol–water partition coefficient (Wildman–Crippen LogP) is 2.50. The predicted molar refractivity (Wildman–Crippen MR) is 69.9 cm³/mol. The van der Waals surface area contributed by atoms with Crippen molar-refractivity contribution in [1.82, 2.24) is 0 Å². The average Bonchev–Trinajstić information content (AvgIpc) is 2.05. The Kier molecular flexibility index (Phi) is 3.51. The van der Waals surface area contributed by atoms with E-state index in [9.17, 15) is 0 Å². The van der Waals surface area contributed by atoms with Crippen LogP contribution in [0.15, 0.2) is 12.1 Å². The number of anilines is 1. The van der Waals surface area contributed by atoms with E-state index in [0.717, 1.165) is 15.9 Å². The number of hydrogen-bond donors (Lipinski definition) is 0. The van der Waals surface area contributed by atoms with E-state index in [0.29, 0.717) is 0 Å². The zero-order chi connectivity index (χ0) is 11.8. The molecule has 0 saturated heterocycles. The molecule has 0 N–H and O–H groups in total. The third kappa shape index (κ3) is 2.55. The quantitative estimate of drug-likeness (QED) is 0.680. The fraction of sp³-hybridized carbons (Fsp3) is 0.500. The zero-order valence-corrected chi connectivity index (χ0v) is 11.7. The molecule has 1 nitrogen and oxygen atoms in total. The van der Waals surface area contributed by atoms with E-state index in [1.807, 2.05) is 26.2 Å². The van der Waals surface area contributed by atoms with Crippen LogP contribution in [0.25, 0.3) is 0 Å². The maximum atomic E-state index is 6.24. The summed E-state index contributed by atoms with van der Waals surface area (Å²) in [7, 11) is 7.69. The highest BCUT2D eigenvalue weighted by atomic mass is 35.5. The van der Waals surface area contributed by atoms with Crippen LogP contribution >= 0.6 is 11.6 Å². The van der Waals surface area contributed by atoms with Crippen LogP contribution in [-0.2, 0) is 5.41 Å². The van der Waals surface area contributed by atoms with Crippen LogP contribution in [0, 0.1) is 0 Å². The Labute approximate surface area is 101 Å². The topological polar surface area (TPSA) is 3.24 Å². The second kappa shape index (κ2) is 4.18. The Morgan fingerprint density at radius 3 is 2.07 bits per heavy atom. The van der Waals surface area contributed by atoms with Gasteiger partial charge in [0.15, 0.2) is 0 Å². The second-order valence-corrected chi connectivity index (χ2v) is 5.91. The Morgan fingerprint density at radius 1 is 1.20 bits per heavy atom. The van der Waals surface area contributed by atoms with E-state index in [2.05, 4.69) is 35.9 Å². The first-order valence-electron chi connectivity index (χ1n) is 4.97. The van der Waals surface area contributed by atoms with Crippen molar-refractivity contribution < 1.29 is 0 Å². The van der Waals surface area contributed by atoms with E-state index in [1.165, 1.54) is 5.56 Å². The van der Waals surface area contributed by atoms with Crippen molar-refractivity contribution in [2.45, 2.75) is 26.2 Å². The van der Waals surface area contributed by atoms with Gasteiger partial charge in [-0.3, -0.25) is 0 Å². The molecular weight excluding hydrogens is 222 g/mol. The molecule has 0 aliphatic heterocycles. The van der Waals surface area contributed by atoms with Crippen molar-refractivity contribution in [2.24, 2.45) is 0 Å². The van der Waals surface area contributed by atoms with Crippen molar-refractivity contribution in [1.29, 1.82) is 0 Å². The van der Waals surface area contributed by atoms with E-state index >= 15 is 0 Å². The lowest BCUT2D eigenvalue weighted by Gasteiger charge is -2.29. The number of hydrogen-bond acceptors (Lipinski definition) is 1. The third-order valence-corrected chi connectivity index (χ3v) is 3.05. The van der Waals surface area contributed by atoms with Gasteiger partial charge in [0.25, 0.3) is 0 Å². The zero-order valence-electron chi connectivity index (χ0n) is 9.98. The van der Waals surface area contributed by atoms with E-state index < -0.39 is 0 Å². The monoisotopic (exact) mass is 238 g/mol. The summed E-state index contributed by atoms with van der Waals surface area (Å²) in [5.41, 5.74) is 2.41. The van der Waals surface area contributed by atoms with Gasteiger partial charge < -0.3 is 4.90 Å². The Morgan fingerprint density at radius 2 is 1.73 bits per heavy atom. The minimum atomic E-state index is 0.0710. The smallest absolute Gasteiger partial charge is 0.0717 e. The molecule has 0 fully saturated rings. The molecule has 1 aromatic carbocycles. The van der Waals surface area contributed by atoms with Gasteiger partial charge in [0, 0.05) is 14.1 Å². The Bertz CT molecular complexity index is 367. The standard InChI is InChI=1S/C12H17ClNSi/c1-12(2,3)10-9(15)7-6-8(13)11(10)14(4)5/h6-7H,1-5H3. The van der Waals surface area contributed by atoms with Crippen molar-refractivity contribution in [3.63, 3.8) is 0 Å². The summed E-state index contributed by atoms with van der Waals surface area (Å²) in [5, 5.41) is 1.91. The van der Waals surface area contributed by atoms with Crippen LogP contribution in [0.3, 0.4) is 0 Å². The maximum Gasteiger partial charge on any atom is 0.0717 e. The number of halogens is 1.